The van der Waals surface area contributed by atoms with Gasteiger partial charge in [-0.05, 0) is 19.1 Å². The van der Waals surface area contributed by atoms with Crippen molar-refractivity contribution in [3.63, 3.8) is 0 Å². The highest BCUT2D eigenvalue weighted by Crippen LogP contribution is 2.19. The molecule has 1 heterocycles. The molecule has 3 heteroatoms. The number of rotatable bonds is 2. The summed E-state index contributed by atoms with van der Waals surface area (Å²) in [5.41, 5.74) is 8.06. The van der Waals surface area contributed by atoms with Gasteiger partial charge in [0, 0.05) is 18.4 Å². The Morgan fingerprint density at radius 1 is 1.31 bits per heavy atom. The topological polar surface area (TPSA) is 46.3 Å². The van der Waals surface area contributed by atoms with E-state index in [2.05, 4.69) is 0 Å². The van der Waals surface area contributed by atoms with Crippen LogP contribution in [0.1, 0.15) is 5.56 Å². The Balaban J connectivity index is 2.26. The van der Waals surface area contributed by atoms with Crippen LogP contribution in [0.2, 0.25) is 0 Å². The standard InChI is InChI=1S/C13H14N2O/c1-10-4-6-12(7-5-10)15-8-2-3-11(9-15)13(14)16/h2-7,9H,8H2,1H3,(H2,14,16). The first-order valence-electron chi connectivity index (χ1n) is 5.18. The predicted molar refractivity (Wildman–Crippen MR) is 64.9 cm³/mol. The number of carbonyl (C=O) groups excluding carboxylic acids is 1. The van der Waals surface area contributed by atoms with Crippen LogP contribution >= 0.6 is 0 Å². The van der Waals surface area contributed by atoms with Crippen molar-refractivity contribution in [3.05, 3.63) is 53.8 Å². The summed E-state index contributed by atoms with van der Waals surface area (Å²) in [6.07, 6.45) is 5.47. The maximum Gasteiger partial charge on any atom is 0.250 e. The smallest absolute Gasteiger partial charge is 0.250 e. The number of carbonyl (C=O) groups is 1. The van der Waals surface area contributed by atoms with E-state index in [1.165, 1.54) is 5.56 Å². The van der Waals surface area contributed by atoms with Gasteiger partial charge in [0.05, 0.1) is 5.57 Å². The summed E-state index contributed by atoms with van der Waals surface area (Å²) in [5, 5.41) is 0. The molecule has 0 saturated carbocycles. The van der Waals surface area contributed by atoms with Crippen LogP contribution in [0.4, 0.5) is 5.69 Å². The fourth-order valence-corrected chi connectivity index (χ4v) is 1.62. The first-order valence-corrected chi connectivity index (χ1v) is 5.18. The average molecular weight is 214 g/mol. The van der Waals surface area contributed by atoms with E-state index in [4.69, 9.17) is 5.73 Å². The molecule has 2 N–H and O–H groups in total. The predicted octanol–water partition coefficient (Wildman–Crippen LogP) is 1.74. The molecule has 1 amide bonds. The maximum absolute atomic E-state index is 11.1. The van der Waals surface area contributed by atoms with Gasteiger partial charge in [0.15, 0.2) is 0 Å². The first-order chi connectivity index (χ1) is 7.66. The highest BCUT2D eigenvalue weighted by molar-refractivity contribution is 5.95. The zero-order valence-electron chi connectivity index (χ0n) is 9.18. The number of amides is 1. The summed E-state index contributed by atoms with van der Waals surface area (Å²) >= 11 is 0. The fourth-order valence-electron chi connectivity index (χ4n) is 1.62. The molecule has 0 saturated heterocycles. The van der Waals surface area contributed by atoms with E-state index in [0.29, 0.717) is 5.57 Å². The van der Waals surface area contributed by atoms with Crippen LogP contribution in [0.15, 0.2) is 48.2 Å². The van der Waals surface area contributed by atoms with E-state index < -0.39 is 5.91 Å². The first kappa shape index (κ1) is 10.5. The van der Waals surface area contributed by atoms with Crippen molar-refractivity contribution >= 4 is 11.6 Å². The van der Waals surface area contributed by atoms with Gasteiger partial charge in [-0.2, -0.15) is 0 Å². The van der Waals surface area contributed by atoms with Gasteiger partial charge in [0.2, 0.25) is 5.91 Å². The van der Waals surface area contributed by atoms with E-state index in [0.717, 1.165) is 12.2 Å². The molecule has 0 radical (unpaired) electrons. The Kier molecular flexibility index (Phi) is 2.77. The van der Waals surface area contributed by atoms with Gasteiger partial charge < -0.3 is 10.6 Å². The number of nitrogens with two attached hydrogens (primary N) is 1. The Bertz CT molecular complexity index is 457. The number of primary amides is 1. The second kappa shape index (κ2) is 4.23. The molecule has 0 spiro atoms. The Hall–Kier alpha value is -2.03. The van der Waals surface area contributed by atoms with Crippen LogP contribution < -0.4 is 10.6 Å². The Labute approximate surface area is 94.9 Å². The second-order valence-electron chi connectivity index (χ2n) is 3.84. The summed E-state index contributed by atoms with van der Waals surface area (Å²) in [4.78, 5) is 13.1. The van der Waals surface area contributed by atoms with Crippen molar-refractivity contribution in [3.8, 4) is 0 Å². The van der Waals surface area contributed by atoms with Gasteiger partial charge >= 0.3 is 0 Å². The Morgan fingerprint density at radius 2 is 2.00 bits per heavy atom. The minimum absolute atomic E-state index is 0.395. The summed E-state index contributed by atoms with van der Waals surface area (Å²) in [6.45, 7) is 2.81. The minimum atomic E-state index is -0.395. The molecule has 3 nitrogen and oxygen atoms in total. The molecule has 2 rings (SSSR count). The molecule has 1 aromatic rings. The lowest BCUT2D eigenvalue weighted by Crippen LogP contribution is -2.23. The number of hydrogen-bond acceptors (Lipinski definition) is 2. The third-order valence-electron chi connectivity index (χ3n) is 2.54. The van der Waals surface area contributed by atoms with E-state index in [-0.39, 0.29) is 0 Å². The fraction of sp³-hybridized carbons (Fsp3) is 0.154. The molecule has 0 fully saturated rings. The summed E-state index contributed by atoms with van der Waals surface area (Å²) < 4.78 is 0. The molecule has 0 aliphatic carbocycles. The van der Waals surface area contributed by atoms with Crippen molar-refractivity contribution in [1.82, 2.24) is 0 Å². The van der Waals surface area contributed by atoms with E-state index in [9.17, 15) is 4.79 Å². The minimum Gasteiger partial charge on any atom is -0.366 e. The SMILES string of the molecule is Cc1ccc(N2C=C(C(N)=O)C=CC2)cc1. The lowest BCUT2D eigenvalue weighted by atomic mass is 10.1. The molecule has 0 bridgehead atoms. The van der Waals surface area contributed by atoms with Gasteiger partial charge in [-0.25, -0.2) is 0 Å². The zero-order valence-corrected chi connectivity index (χ0v) is 9.18. The van der Waals surface area contributed by atoms with Crippen molar-refractivity contribution < 1.29 is 4.79 Å². The second-order valence-corrected chi connectivity index (χ2v) is 3.84. The highest BCUT2D eigenvalue weighted by Gasteiger charge is 2.10. The molecule has 16 heavy (non-hydrogen) atoms. The van der Waals surface area contributed by atoms with Gasteiger partial charge in [-0.15, -0.1) is 0 Å². The number of nitrogens with zero attached hydrogens (tertiary/aromatic N) is 1. The monoisotopic (exact) mass is 214 g/mol. The third-order valence-corrected chi connectivity index (χ3v) is 2.54. The van der Waals surface area contributed by atoms with Crippen LogP contribution in [-0.2, 0) is 4.79 Å². The lowest BCUT2D eigenvalue weighted by Gasteiger charge is -2.22. The molecular formula is C13H14N2O. The van der Waals surface area contributed by atoms with E-state index in [1.807, 2.05) is 42.2 Å². The van der Waals surface area contributed by atoms with Crippen molar-refractivity contribution in [2.75, 3.05) is 11.4 Å². The zero-order chi connectivity index (χ0) is 11.5. The average Bonchev–Trinajstić information content (AvgIpc) is 2.30. The molecule has 1 aliphatic rings. The highest BCUT2D eigenvalue weighted by atomic mass is 16.1. The van der Waals surface area contributed by atoms with Crippen LogP contribution in [0.3, 0.4) is 0 Å². The summed E-state index contributed by atoms with van der Waals surface area (Å²) in [6, 6.07) is 8.16. The van der Waals surface area contributed by atoms with Gasteiger partial charge in [0.25, 0.3) is 0 Å². The summed E-state index contributed by atoms with van der Waals surface area (Å²) in [5.74, 6) is -0.395. The molecule has 1 aliphatic heterocycles. The Morgan fingerprint density at radius 3 is 2.62 bits per heavy atom. The lowest BCUT2D eigenvalue weighted by molar-refractivity contribution is -0.114. The van der Waals surface area contributed by atoms with Crippen molar-refractivity contribution in [2.45, 2.75) is 6.92 Å². The van der Waals surface area contributed by atoms with E-state index in [1.54, 1.807) is 12.3 Å². The van der Waals surface area contributed by atoms with Crippen LogP contribution in [0, 0.1) is 6.92 Å². The largest absolute Gasteiger partial charge is 0.366 e. The van der Waals surface area contributed by atoms with Crippen LogP contribution in [0.25, 0.3) is 0 Å². The molecule has 1 aromatic carbocycles. The van der Waals surface area contributed by atoms with Crippen molar-refractivity contribution in [2.24, 2.45) is 5.73 Å². The summed E-state index contributed by atoms with van der Waals surface area (Å²) in [7, 11) is 0. The van der Waals surface area contributed by atoms with Crippen LogP contribution in [-0.4, -0.2) is 12.5 Å². The normalized spacial score (nSPS) is 14.8. The molecule has 0 aromatic heterocycles. The third kappa shape index (κ3) is 2.14. The van der Waals surface area contributed by atoms with Gasteiger partial charge in [-0.3, -0.25) is 4.79 Å². The maximum atomic E-state index is 11.1. The molecule has 0 unspecified atom stereocenters. The quantitative estimate of drug-likeness (QED) is 0.815. The number of aryl methyl sites for hydroxylation is 1. The van der Waals surface area contributed by atoms with Gasteiger partial charge in [0.1, 0.15) is 0 Å². The number of benzene rings is 1. The molecule has 82 valence electrons. The van der Waals surface area contributed by atoms with Crippen molar-refractivity contribution in [1.29, 1.82) is 0 Å². The van der Waals surface area contributed by atoms with Crippen LogP contribution in [0.5, 0.6) is 0 Å². The molecular weight excluding hydrogens is 200 g/mol. The molecule has 0 atom stereocenters. The number of anilines is 1. The van der Waals surface area contributed by atoms with Gasteiger partial charge in [-0.1, -0.05) is 29.8 Å². The van der Waals surface area contributed by atoms with E-state index >= 15 is 0 Å². The number of hydrogen-bond donors (Lipinski definition) is 1.